The van der Waals surface area contributed by atoms with Crippen LogP contribution in [0.25, 0.3) is 0 Å². The van der Waals surface area contributed by atoms with Gasteiger partial charge >= 0.3 is 0 Å². The van der Waals surface area contributed by atoms with E-state index in [9.17, 15) is 0 Å². The molecule has 1 saturated heterocycles. The lowest BCUT2D eigenvalue weighted by atomic mass is 10.1. The molecule has 2 rings (SSSR count). The molecule has 0 amide bonds. The van der Waals surface area contributed by atoms with Crippen molar-refractivity contribution in [3.8, 4) is 0 Å². The van der Waals surface area contributed by atoms with Crippen molar-refractivity contribution < 1.29 is 0 Å². The zero-order chi connectivity index (χ0) is 11.4. The Morgan fingerprint density at radius 1 is 1.56 bits per heavy atom. The Hall–Kier alpha value is -1.09. The summed E-state index contributed by atoms with van der Waals surface area (Å²) in [6, 6.07) is 4.78. The summed E-state index contributed by atoms with van der Waals surface area (Å²) in [5.41, 5.74) is 1.28. The first-order chi connectivity index (χ1) is 7.83. The van der Waals surface area contributed by atoms with E-state index in [1.807, 2.05) is 12.3 Å². The Morgan fingerprint density at radius 2 is 2.44 bits per heavy atom. The second kappa shape index (κ2) is 5.30. The van der Waals surface area contributed by atoms with Crippen LogP contribution in [0, 0.1) is 6.92 Å². The van der Waals surface area contributed by atoms with E-state index >= 15 is 0 Å². The fourth-order valence-electron chi connectivity index (χ4n) is 2.39. The third-order valence-electron chi connectivity index (χ3n) is 3.19. The summed E-state index contributed by atoms with van der Waals surface area (Å²) in [5, 5.41) is 3.43. The largest absolute Gasteiger partial charge is 0.352 e. The average molecular weight is 219 g/mol. The highest BCUT2D eigenvalue weighted by molar-refractivity contribution is 5.47. The molecule has 1 aromatic heterocycles. The molecule has 3 heteroatoms. The van der Waals surface area contributed by atoms with Crippen molar-refractivity contribution in [2.75, 3.05) is 24.5 Å². The number of hydrogen-bond acceptors (Lipinski definition) is 3. The molecule has 1 N–H and O–H groups in total. The maximum absolute atomic E-state index is 4.54. The Morgan fingerprint density at radius 3 is 3.06 bits per heavy atom. The minimum absolute atomic E-state index is 0.619. The molecule has 1 fully saturated rings. The number of nitrogens with zero attached hydrogens (tertiary/aromatic N) is 2. The van der Waals surface area contributed by atoms with E-state index in [-0.39, 0.29) is 0 Å². The number of rotatable bonds is 4. The number of hydrogen-bond donors (Lipinski definition) is 1. The predicted octanol–water partition coefficient (Wildman–Crippen LogP) is 1.97. The Labute approximate surface area is 97.9 Å². The Kier molecular flexibility index (Phi) is 3.78. The molecule has 1 atom stereocenters. The molecule has 1 aliphatic rings. The third-order valence-corrected chi connectivity index (χ3v) is 3.19. The van der Waals surface area contributed by atoms with Crippen LogP contribution in [0.15, 0.2) is 18.3 Å². The van der Waals surface area contributed by atoms with E-state index in [0.717, 1.165) is 25.5 Å². The zero-order valence-corrected chi connectivity index (χ0v) is 10.2. The van der Waals surface area contributed by atoms with E-state index < -0.39 is 0 Å². The number of pyridine rings is 1. The minimum Gasteiger partial charge on any atom is -0.352 e. The van der Waals surface area contributed by atoms with Crippen molar-refractivity contribution in [2.24, 2.45) is 0 Å². The van der Waals surface area contributed by atoms with Crippen molar-refractivity contribution in [1.82, 2.24) is 10.3 Å². The van der Waals surface area contributed by atoms with Gasteiger partial charge in [-0.2, -0.15) is 0 Å². The van der Waals surface area contributed by atoms with Crippen LogP contribution in [0.5, 0.6) is 0 Å². The van der Waals surface area contributed by atoms with Gasteiger partial charge in [0.1, 0.15) is 5.82 Å². The second-order valence-corrected chi connectivity index (χ2v) is 4.48. The second-order valence-electron chi connectivity index (χ2n) is 4.48. The van der Waals surface area contributed by atoms with Gasteiger partial charge < -0.3 is 10.2 Å². The van der Waals surface area contributed by atoms with Gasteiger partial charge in [0.15, 0.2) is 0 Å². The molecule has 0 radical (unpaired) electrons. The molecule has 1 aliphatic heterocycles. The summed E-state index contributed by atoms with van der Waals surface area (Å²) in [6.45, 7) is 7.71. The first kappa shape index (κ1) is 11.4. The van der Waals surface area contributed by atoms with E-state index in [2.05, 4.69) is 35.1 Å². The molecule has 0 bridgehead atoms. The van der Waals surface area contributed by atoms with Gasteiger partial charge in [-0.05, 0) is 37.9 Å². The summed E-state index contributed by atoms with van der Waals surface area (Å²) < 4.78 is 0. The van der Waals surface area contributed by atoms with Crippen LogP contribution < -0.4 is 10.2 Å². The summed E-state index contributed by atoms with van der Waals surface area (Å²) in [6.07, 6.45) is 4.30. The standard InChI is InChI=1S/C13H21N3/c1-3-9-16(12-6-8-14-10-12)13-11(2)5-4-7-15-13/h4-5,7,12,14H,3,6,8-10H2,1-2H3. The monoisotopic (exact) mass is 219 g/mol. The number of nitrogens with one attached hydrogen (secondary N) is 1. The number of aromatic nitrogens is 1. The summed E-state index contributed by atoms with van der Waals surface area (Å²) in [4.78, 5) is 7.01. The van der Waals surface area contributed by atoms with E-state index in [0.29, 0.717) is 6.04 Å². The smallest absolute Gasteiger partial charge is 0.131 e. The van der Waals surface area contributed by atoms with Crippen LogP contribution in [0.1, 0.15) is 25.3 Å². The molecular formula is C13H21N3. The van der Waals surface area contributed by atoms with Crippen molar-refractivity contribution >= 4 is 5.82 Å². The van der Waals surface area contributed by atoms with Gasteiger partial charge in [0.25, 0.3) is 0 Å². The van der Waals surface area contributed by atoms with Crippen LogP contribution in [0.3, 0.4) is 0 Å². The fraction of sp³-hybridized carbons (Fsp3) is 0.615. The Bertz CT molecular complexity index is 332. The highest BCUT2D eigenvalue weighted by Gasteiger charge is 2.23. The molecule has 3 nitrogen and oxygen atoms in total. The maximum Gasteiger partial charge on any atom is 0.131 e. The Balaban J connectivity index is 2.21. The molecular weight excluding hydrogens is 198 g/mol. The van der Waals surface area contributed by atoms with Crippen LogP contribution >= 0.6 is 0 Å². The molecule has 0 spiro atoms. The van der Waals surface area contributed by atoms with E-state index in [1.165, 1.54) is 18.4 Å². The van der Waals surface area contributed by atoms with Crippen LogP contribution in [0.2, 0.25) is 0 Å². The number of anilines is 1. The van der Waals surface area contributed by atoms with Crippen LogP contribution in [-0.4, -0.2) is 30.7 Å². The molecule has 0 aromatic carbocycles. The lowest BCUT2D eigenvalue weighted by Gasteiger charge is -2.30. The highest BCUT2D eigenvalue weighted by Crippen LogP contribution is 2.21. The molecule has 1 aromatic rings. The predicted molar refractivity (Wildman–Crippen MR) is 67.9 cm³/mol. The molecule has 88 valence electrons. The van der Waals surface area contributed by atoms with Gasteiger partial charge in [-0.15, -0.1) is 0 Å². The number of aryl methyl sites for hydroxylation is 1. The van der Waals surface area contributed by atoms with E-state index in [1.54, 1.807) is 0 Å². The lowest BCUT2D eigenvalue weighted by Crippen LogP contribution is -2.38. The maximum atomic E-state index is 4.54. The molecule has 1 unspecified atom stereocenters. The van der Waals surface area contributed by atoms with Gasteiger partial charge in [-0.3, -0.25) is 0 Å². The van der Waals surface area contributed by atoms with Crippen molar-refractivity contribution in [3.05, 3.63) is 23.9 Å². The van der Waals surface area contributed by atoms with Gasteiger partial charge in [0.05, 0.1) is 0 Å². The van der Waals surface area contributed by atoms with Gasteiger partial charge in [-0.25, -0.2) is 4.98 Å². The van der Waals surface area contributed by atoms with E-state index in [4.69, 9.17) is 0 Å². The van der Waals surface area contributed by atoms with Crippen LogP contribution in [-0.2, 0) is 0 Å². The van der Waals surface area contributed by atoms with Gasteiger partial charge in [-0.1, -0.05) is 13.0 Å². The van der Waals surface area contributed by atoms with Gasteiger partial charge in [0.2, 0.25) is 0 Å². The molecule has 0 saturated carbocycles. The average Bonchev–Trinajstić information content (AvgIpc) is 2.80. The molecule has 2 heterocycles. The molecule has 16 heavy (non-hydrogen) atoms. The van der Waals surface area contributed by atoms with Crippen LogP contribution in [0.4, 0.5) is 5.82 Å². The molecule has 0 aliphatic carbocycles. The summed E-state index contributed by atoms with van der Waals surface area (Å²) >= 11 is 0. The normalized spacial score (nSPS) is 20.0. The highest BCUT2D eigenvalue weighted by atomic mass is 15.2. The van der Waals surface area contributed by atoms with Crippen molar-refractivity contribution in [1.29, 1.82) is 0 Å². The third kappa shape index (κ3) is 2.35. The zero-order valence-electron chi connectivity index (χ0n) is 10.2. The minimum atomic E-state index is 0.619. The fourth-order valence-corrected chi connectivity index (χ4v) is 2.39. The lowest BCUT2D eigenvalue weighted by molar-refractivity contribution is 0.616. The quantitative estimate of drug-likeness (QED) is 0.839. The van der Waals surface area contributed by atoms with Gasteiger partial charge in [0, 0.05) is 25.3 Å². The van der Waals surface area contributed by atoms with Crippen molar-refractivity contribution in [2.45, 2.75) is 32.7 Å². The van der Waals surface area contributed by atoms with Crippen molar-refractivity contribution in [3.63, 3.8) is 0 Å². The summed E-state index contributed by atoms with van der Waals surface area (Å²) in [5.74, 6) is 1.16. The SMILES string of the molecule is CCCN(c1ncccc1C)C1CCNC1. The summed E-state index contributed by atoms with van der Waals surface area (Å²) in [7, 11) is 0. The first-order valence-electron chi connectivity index (χ1n) is 6.22. The topological polar surface area (TPSA) is 28.2 Å². The first-order valence-corrected chi connectivity index (χ1v) is 6.22.